The van der Waals surface area contributed by atoms with Crippen molar-refractivity contribution in [3.05, 3.63) is 245 Å². The Balaban J connectivity index is 0.000000230. The third-order valence-corrected chi connectivity index (χ3v) is 17.0. The van der Waals surface area contributed by atoms with Crippen molar-refractivity contribution < 1.29 is 9.59 Å². The van der Waals surface area contributed by atoms with Gasteiger partial charge >= 0.3 is 0 Å². The van der Waals surface area contributed by atoms with Gasteiger partial charge in [0.05, 0.1) is 32.9 Å². The molecule has 1 unspecified atom stereocenters. The first-order valence-corrected chi connectivity index (χ1v) is 35.9. The quantitative estimate of drug-likeness (QED) is 0.0244. The third-order valence-electron chi connectivity index (χ3n) is 12.4. The number of benzene rings is 5. The molecule has 0 aliphatic heterocycles. The number of pyridine rings is 3. The highest BCUT2D eigenvalue weighted by Gasteiger charge is 2.15. The van der Waals surface area contributed by atoms with E-state index in [4.69, 9.17) is 57.3 Å². The monoisotopic (exact) mass is 1600 g/mol. The molecule has 510 valence electrons. The van der Waals surface area contributed by atoms with E-state index in [1.807, 2.05) is 164 Å². The first kappa shape index (κ1) is 80.4. The SMILES string of the molecule is C.C.CC(Br)C(=O)c1ccccc1.Cc1sc(Nc2nc(-c3ccccc3)c(C)s2)nc1-c1ccccc1.NC(=S)NC(N)=S.NC(=S)Nc1cccc(NC(N)=S)c1.O=C(CBr)c1cccnc1.c1cc(Nc2nc(-c3cccnc3)cs2)cc(Nc2nc(-c3cccnc3)cs2)c1. The van der Waals surface area contributed by atoms with E-state index in [2.05, 4.69) is 151 Å². The summed E-state index contributed by atoms with van der Waals surface area (Å²) in [6.45, 7) is 6.04. The molecule has 0 saturated carbocycles. The molecule has 99 heavy (non-hydrogen) atoms. The number of carbonyl (C=O) groups excluding carboxylic acids is 2. The maximum Gasteiger partial charge on any atom is 0.189 e. The fourth-order valence-electron chi connectivity index (χ4n) is 8.11. The summed E-state index contributed by atoms with van der Waals surface area (Å²) in [4.78, 5) is 55.5. The summed E-state index contributed by atoms with van der Waals surface area (Å²) in [6, 6.07) is 56.5. The zero-order valence-corrected chi connectivity index (χ0v) is 61.6. The van der Waals surface area contributed by atoms with Crippen LogP contribution in [0.2, 0.25) is 0 Å². The molecule has 12 aromatic rings. The average molecular weight is 1600 g/mol. The number of nitrogens with zero attached hydrogens (tertiary/aromatic N) is 7. The normalized spacial score (nSPS) is 10.1. The molecule has 7 aromatic heterocycles. The smallest absolute Gasteiger partial charge is 0.189 e. The van der Waals surface area contributed by atoms with E-state index in [9.17, 15) is 9.59 Å². The van der Waals surface area contributed by atoms with Gasteiger partial charge in [-0.05, 0) is 142 Å². The van der Waals surface area contributed by atoms with E-state index in [0.29, 0.717) is 10.9 Å². The van der Waals surface area contributed by atoms with Crippen LogP contribution in [0.3, 0.4) is 0 Å². The van der Waals surface area contributed by atoms with Gasteiger partial charge in [-0.2, -0.15) is 0 Å². The molecule has 0 fully saturated rings. The van der Waals surface area contributed by atoms with Crippen molar-refractivity contribution in [2.75, 3.05) is 31.9 Å². The van der Waals surface area contributed by atoms with Crippen molar-refractivity contribution in [1.82, 2.24) is 40.2 Å². The fourth-order valence-corrected chi connectivity index (χ4v) is 12.4. The van der Waals surface area contributed by atoms with Crippen LogP contribution < -0.4 is 54.8 Å². The molecule has 0 spiro atoms. The van der Waals surface area contributed by atoms with E-state index in [-0.39, 0.29) is 51.7 Å². The highest BCUT2D eigenvalue weighted by Crippen LogP contribution is 2.36. The maximum atomic E-state index is 11.3. The van der Waals surface area contributed by atoms with Gasteiger partial charge in [-0.25, -0.2) is 19.9 Å². The first-order valence-electron chi connectivity index (χ1n) is 28.8. The van der Waals surface area contributed by atoms with Gasteiger partial charge in [0.2, 0.25) is 0 Å². The highest BCUT2D eigenvalue weighted by molar-refractivity contribution is 9.10. The predicted molar refractivity (Wildman–Crippen MR) is 441 cm³/mol. The Labute approximate surface area is 630 Å². The number of hydrogen-bond acceptors (Lipinski definition) is 20. The molecule has 7 heterocycles. The molecule has 12 rings (SSSR count). The van der Waals surface area contributed by atoms with E-state index in [1.54, 1.807) is 88.3 Å². The van der Waals surface area contributed by atoms with E-state index in [0.717, 1.165) is 93.9 Å². The molecule has 14 N–H and O–H groups in total. The van der Waals surface area contributed by atoms with E-state index in [1.165, 1.54) is 9.75 Å². The lowest BCUT2D eigenvalue weighted by Gasteiger charge is -2.07. The van der Waals surface area contributed by atoms with Crippen molar-refractivity contribution in [2.24, 2.45) is 22.9 Å². The number of carbonyl (C=O) groups is 2. The molecule has 0 aliphatic carbocycles. The maximum absolute atomic E-state index is 11.3. The van der Waals surface area contributed by atoms with Gasteiger partial charge in [-0.3, -0.25) is 24.5 Å². The van der Waals surface area contributed by atoms with Crippen LogP contribution in [-0.2, 0) is 0 Å². The van der Waals surface area contributed by atoms with Gasteiger partial charge in [0.15, 0.2) is 52.5 Å². The Hall–Kier alpha value is -9.27. The summed E-state index contributed by atoms with van der Waals surface area (Å²) >= 11 is 30.9. The van der Waals surface area contributed by atoms with Crippen LogP contribution >= 0.6 is 126 Å². The number of nitrogens with one attached hydrogen (secondary N) is 6. The van der Waals surface area contributed by atoms with Crippen LogP contribution in [0.15, 0.2) is 224 Å². The van der Waals surface area contributed by atoms with Crippen LogP contribution in [0.5, 0.6) is 0 Å². The van der Waals surface area contributed by atoms with Crippen molar-refractivity contribution in [3.8, 4) is 45.0 Å². The lowest BCUT2D eigenvalue weighted by Crippen LogP contribution is -2.38. The second-order valence-corrected chi connectivity index (χ2v) is 27.5. The standard InChI is InChI=1S/C22H16N6S2.C20H17N3S2.C9H9BrO.C8H10N4S2.C7H6BrNO.C2H5N3S2.2CH4/c1-6-17(25-21-27-19(13-29-21)15-4-2-8-23-11-15)10-18(7-1)26-22-28-20(14-30-22)16-5-3-9-24-12-16;1-13-17(15-9-5-3-6-10-15)21-19(24-13)23-20-22-18(14(2)25-20)16-11-7-4-8-12-16;1-7(10)9(11)8-5-3-2-4-6-8;9-7(13)11-5-2-1-3-6(4-5)12-8(10)14;8-4-7(10)6-2-1-3-9-5-6;3-1(6)5-2(4)7;;/h1-14H,(H,25,27)(H,26,28);3-12H,1-2H3,(H,21,22,23);2-7H,1H3;1-4H,(H3,9,11,13)(H3,10,12,14);1-3,5H,4H2;(H5,3,4,5,6,7);2*1H4. The second-order valence-electron chi connectivity index (χ2n) is 19.7. The number of aromatic nitrogens is 7. The van der Waals surface area contributed by atoms with Gasteiger partial charge in [-0.1, -0.05) is 150 Å². The molecule has 1 atom stereocenters. The minimum Gasteiger partial charge on any atom is -0.376 e. The molecule has 5 aromatic carbocycles. The lowest BCUT2D eigenvalue weighted by atomic mass is 10.1. The Morgan fingerprint density at radius 2 is 0.848 bits per heavy atom. The number of thiazole rings is 4. The van der Waals surface area contributed by atoms with Gasteiger partial charge in [0, 0.05) is 114 Å². The summed E-state index contributed by atoms with van der Waals surface area (Å²) in [6.07, 6.45) is 10.4. The van der Waals surface area contributed by atoms with Gasteiger partial charge in [0.25, 0.3) is 0 Å². The zero-order valence-electron chi connectivity index (χ0n) is 51.9. The van der Waals surface area contributed by atoms with Crippen LogP contribution in [0.1, 0.15) is 52.2 Å². The predicted octanol–water partition coefficient (Wildman–Crippen LogP) is 18.1. The highest BCUT2D eigenvalue weighted by atomic mass is 79.9. The minimum absolute atomic E-state index is 0. The van der Waals surface area contributed by atoms with Crippen LogP contribution in [0.25, 0.3) is 45.0 Å². The summed E-state index contributed by atoms with van der Waals surface area (Å²) in [5.41, 5.74) is 33.6. The molecule has 19 nitrogen and oxygen atoms in total. The molecule has 0 aliphatic rings. The van der Waals surface area contributed by atoms with Crippen molar-refractivity contribution in [3.63, 3.8) is 0 Å². The first-order chi connectivity index (χ1) is 46.8. The number of aryl methyl sites for hydroxylation is 2. The molecule has 0 bridgehead atoms. The number of ketones is 2. The molecular weight excluding hydrogens is 1530 g/mol. The number of rotatable bonds is 16. The Kier molecular flexibility index (Phi) is 34.5. The number of hydrogen-bond donors (Lipinski definition) is 10. The molecule has 0 saturated heterocycles. The number of nitrogens with two attached hydrogens (primary N) is 4. The van der Waals surface area contributed by atoms with Gasteiger partial charge in [-0.15, -0.1) is 45.3 Å². The zero-order chi connectivity index (χ0) is 69.5. The van der Waals surface area contributed by atoms with Crippen molar-refractivity contribution in [2.45, 2.75) is 40.5 Å². The molecule has 0 radical (unpaired) electrons. The topological polar surface area (TPSA) is 301 Å². The Morgan fingerprint density at radius 3 is 1.21 bits per heavy atom. The van der Waals surface area contributed by atoms with Crippen molar-refractivity contribution >= 4 is 201 Å². The molecular formula is C70H71Br2N17O2S8. The summed E-state index contributed by atoms with van der Waals surface area (Å²) in [7, 11) is 0. The van der Waals surface area contributed by atoms with E-state index < -0.39 is 0 Å². The summed E-state index contributed by atoms with van der Waals surface area (Å²) in [5.74, 6) is 0.193. The van der Waals surface area contributed by atoms with Crippen molar-refractivity contribution in [1.29, 1.82) is 0 Å². The van der Waals surface area contributed by atoms with Crippen LogP contribution in [0.4, 0.5) is 43.3 Å². The number of anilines is 8. The second kappa shape index (κ2) is 42.5. The lowest BCUT2D eigenvalue weighted by molar-refractivity contribution is 0.0993. The van der Waals surface area contributed by atoms with Gasteiger partial charge < -0.3 is 54.8 Å². The molecule has 0 amide bonds. The number of thiocarbonyl (C=S) groups is 4. The fraction of sp³-hybridized carbons (Fsp3) is 0.100. The summed E-state index contributed by atoms with van der Waals surface area (Å²) in [5, 5.41) is 26.5. The Bertz CT molecular complexity index is 4260. The average Bonchev–Trinajstić information content (AvgIpc) is 1.69. The van der Waals surface area contributed by atoms with Crippen LogP contribution in [-0.4, -0.2) is 77.1 Å². The summed E-state index contributed by atoms with van der Waals surface area (Å²) < 4.78 is 0. The number of halogens is 2. The van der Waals surface area contributed by atoms with Gasteiger partial charge in [0.1, 0.15) is 0 Å². The molecule has 29 heteroatoms. The largest absolute Gasteiger partial charge is 0.376 e. The minimum atomic E-state index is -0.0927. The van der Waals surface area contributed by atoms with Crippen LogP contribution in [0, 0.1) is 13.8 Å². The number of alkyl halides is 2. The van der Waals surface area contributed by atoms with E-state index >= 15 is 0 Å². The Morgan fingerprint density at radius 1 is 0.465 bits per heavy atom. The number of Topliss-reactive ketones (excluding diaryl/α,β-unsaturated/α-hetero) is 2. The third kappa shape index (κ3) is 27.9.